The molecule has 4 atom stereocenters. The van der Waals surface area contributed by atoms with Crippen LogP contribution in [0.25, 0.3) is 0 Å². The van der Waals surface area contributed by atoms with Crippen LogP contribution in [0, 0.1) is 0 Å². The molecule has 2 aromatic carbocycles. The van der Waals surface area contributed by atoms with E-state index in [1.54, 1.807) is 24.3 Å². The van der Waals surface area contributed by atoms with Crippen molar-refractivity contribution in [2.24, 2.45) is 0 Å². The topological polar surface area (TPSA) is 55.6 Å². The second-order valence-electron chi connectivity index (χ2n) is 6.70. The SMILES string of the molecule is O=C(OCCCN1[C@@H]2[C@H]1C=C[C@H]2OC(=O)c1ccccc1)c1ccccc1. The summed E-state index contributed by atoms with van der Waals surface area (Å²) in [6.45, 7) is 1.18. The first-order valence-corrected chi connectivity index (χ1v) is 9.16. The predicted molar refractivity (Wildman–Crippen MR) is 100 cm³/mol. The summed E-state index contributed by atoms with van der Waals surface area (Å²) in [7, 11) is 0. The number of fused-ring (bicyclic) bond motifs is 1. The van der Waals surface area contributed by atoms with Gasteiger partial charge in [-0.25, -0.2) is 9.59 Å². The third kappa shape index (κ3) is 3.93. The van der Waals surface area contributed by atoms with Crippen LogP contribution in [0.5, 0.6) is 0 Å². The summed E-state index contributed by atoms with van der Waals surface area (Å²) in [5, 5.41) is 0. The van der Waals surface area contributed by atoms with Crippen LogP contribution in [0.1, 0.15) is 27.1 Å². The molecule has 0 bridgehead atoms. The normalized spacial score (nSPS) is 24.9. The smallest absolute Gasteiger partial charge is 0.338 e. The Kier molecular flexibility index (Phi) is 5.03. The van der Waals surface area contributed by atoms with Crippen molar-refractivity contribution in [2.45, 2.75) is 24.6 Å². The van der Waals surface area contributed by atoms with Crippen molar-refractivity contribution >= 4 is 11.9 Å². The zero-order valence-electron chi connectivity index (χ0n) is 14.9. The Bertz CT molecular complexity index is 834. The molecule has 4 rings (SSSR count). The molecule has 0 aromatic heterocycles. The first-order chi connectivity index (χ1) is 13.2. The van der Waals surface area contributed by atoms with Gasteiger partial charge in [0.15, 0.2) is 0 Å². The van der Waals surface area contributed by atoms with Crippen molar-refractivity contribution < 1.29 is 19.1 Å². The summed E-state index contributed by atoms with van der Waals surface area (Å²) in [5.41, 5.74) is 1.13. The molecule has 138 valence electrons. The maximum absolute atomic E-state index is 12.2. The number of carbonyl (C=O) groups excluding carboxylic acids is 2. The lowest BCUT2D eigenvalue weighted by Gasteiger charge is -2.14. The highest BCUT2D eigenvalue weighted by Gasteiger charge is 2.54. The minimum absolute atomic E-state index is 0.211. The molecular formula is C22H21NO4. The van der Waals surface area contributed by atoms with Gasteiger partial charge in [-0.3, -0.25) is 4.90 Å². The molecule has 1 heterocycles. The Morgan fingerprint density at radius 1 is 0.852 bits per heavy atom. The third-order valence-corrected chi connectivity index (χ3v) is 4.92. The molecule has 1 saturated heterocycles. The number of ether oxygens (including phenoxy) is 2. The Morgan fingerprint density at radius 2 is 1.48 bits per heavy atom. The van der Waals surface area contributed by atoms with Gasteiger partial charge in [-0.2, -0.15) is 0 Å². The van der Waals surface area contributed by atoms with E-state index in [4.69, 9.17) is 9.47 Å². The molecule has 1 unspecified atom stereocenters. The molecule has 5 heteroatoms. The number of esters is 2. The standard InChI is InChI=1S/C22H21NO4/c24-21(16-8-3-1-4-9-16)26-15-7-14-23-18-12-13-19(20(18)23)27-22(25)17-10-5-2-6-11-17/h1-6,8-13,18-20H,7,14-15H2/t18-,19-,20-,23?/m1/s1. The molecule has 0 amide bonds. The summed E-state index contributed by atoms with van der Waals surface area (Å²) in [6.07, 6.45) is 4.58. The fourth-order valence-corrected chi connectivity index (χ4v) is 3.51. The summed E-state index contributed by atoms with van der Waals surface area (Å²) >= 11 is 0. The quantitative estimate of drug-likeness (QED) is 0.327. The van der Waals surface area contributed by atoms with Gasteiger partial charge >= 0.3 is 11.9 Å². The van der Waals surface area contributed by atoms with Gasteiger partial charge in [0.2, 0.25) is 0 Å². The molecule has 1 aliphatic carbocycles. The van der Waals surface area contributed by atoms with Gasteiger partial charge in [0.1, 0.15) is 6.10 Å². The van der Waals surface area contributed by atoms with E-state index in [0.29, 0.717) is 23.8 Å². The largest absolute Gasteiger partial charge is 0.462 e. The Morgan fingerprint density at radius 3 is 2.15 bits per heavy atom. The van der Waals surface area contributed by atoms with Crippen LogP contribution in [0.2, 0.25) is 0 Å². The first kappa shape index (κ1) is 17.5. The summed E-state index contributed by atoms with van der Waals surface area (Å²) in [6, 6.07) is 18.5. The van der Waals surface area contributed by atoms with Crippen molar-refractivity contribution in [3.8, 4) is 0 Å². The van der Waals surface area contributed by atoms with E-state index in [1.807, 2.05) is 42.5 Å². The highest BCUT2D eigenvalue weighted by Crippen LogP contribution is 2.39. The van der Waals surface area contributed by atoms with Crippen LogP contribution < -0.4 is 0 Å². The lowest BCUT2D eigenvalue weighted by Crippen LogP contribution is -2.24. The van der Waals surface area contributed by atoms with Crippen LogP contribution in [-0.4, -0.2) is 48.2 Å². The number of benzene rings is 2. The molecule has 1 aliphatic heterocycles. The second-order valence-corrected chi connectivity index (χ2v) is 6.70. The maximum Gasteiger partial charge on any atom is 0.338 e. The van der Waals surface area contributed by atoms with Gasteiger partial charge in [-0.1, -0.05) is 42.5 Å². The molecule has 0 saturated carbocycles. The lowest BCUT2D eigenvalue weighted by atomic mass is 10.2. The van der Waals surface area contributed by atoms with Crippen molar-refractivity contribution in [1.29, 1.82) is 0 Å². The van der Waals surface area contributed by atoms with Gasteiger partial charge in [-0.05, 0) is 36.8 Å². The zero-order valence-corrected chi connectivity index (χ0v) is 14.9. The van der Waals surface area contributed by atoms with E-state index < -0.39 is 0 Å². The molecule has 5 nitrogen and oxygen atoms in total. The van der Waals surface area contributed by atoms with Gasteiger partial charge < -0.3 is 9.47 Å². The minimum atomic E-state index is -0.297. The molecule has 0 radical (unpaired) electrons. The molecule has 0 spiro atoms. The molecule has 2 aromatic rings. The average Bonchev–Trinajstić information content (AvgIpc) is 3.26. The molecular weight excluding hydrogens is 342 g/mol. The third-order valence-electron chi connectivity index (χ3n) is 4.92. The predicted octanol–water partition coefficient (Wildman–Crippen LogP) is 3.08. The van der Waals surface area contributed by atoms with Crippen molar-refractivity contribution in [3.63, 3.8) is 0 Å². The van der Waals surface area contributed by atoms with Crippen molar-refractivity contribution in [3.05, 3.63) is 83.9 Å². The van der Waals surface area contributed by atoms with E-state index in [9.17, 15) is 9.59 Å². The highest BCUT2D eigenvalue weighted by atomic mass is 16.5. The fraction of sp³-hybridized carbons (Fsp3) is 0.273. The number of rotatable bonds is 7. The zero-order chi connectivity index (χ0) is 18.6. The number of nitrogens with zero attached hydrogens (tertiary/aromatic N) is 1. The van der Waals surface area contributed by atoms with Crippen LogP contribution in [-0.2, 0) is 9.47 Å². The van der Waals surface area contributed by atoms with E-state index in [0.717, 1.165) is 13.0 Å². The van der Waals surface area contributed by atoms with Gasteiger partial charge in [0.25, 0.3) is 0 Å². The average molecular weight is 363 g/mol. The Balaban J connectivity index is 1.20. The fourth-order valence-electron chi connectivity index (χ4n) is 3.51. The van der Waals surface area contributed by atoms with Crippen molar-refractivity contribution in [1.82, 2.24) is 4.90 Å². The van der Waals surface area contributed by atoms with Crippen LogP contribution in [0.15, 0.2) is 72.8 Å². The monoisotopic (exact) mass is 363 g/mol. The van der Waals surface area contributed by atoms with E-state index in [2.05, 4.69) is 11.0 Å². The molecule has 1 fully saturated rings. The number of carbonyl (C=O) groups is 2. The van der Waals surface area contributed by atoms with Crippen LogP contribution in [0.3, 0.4) is 0 Å². The maximum atomic E-state index is 12.2. The molecule has 27 heavy (non-hydrogen) atoms. The van der Waals surface area contributed by atoms with Gasteiger partial charge in [0, 0.05) is 12.6 Å². The number of hydrogen-bond acceptors (Lipinski definition) is 5. The van der Waals surface area contributed by atoms with E-state index in [1.165, 1.54) is 0 Å². The molecule has 2 aliphatic rings. The Hall–Kier alpha value is -2.92. The van der Waals surface area contributed by atoms with Crippen LogP contribution >= 0.6 is 0 Å². The van der Waals surface area contributed by atoms with Gasteiger partial charge in [0.05, 0.1) is 23.8 Å². The second kappa shape index (κ2) is 7.76. The molecule has 0 N–H and O–H groups in total. The lowest BCUT2D eigenvalue weighted by molar-refractivity contribution is 0.0366. The Labute approximate surface area is 158 Å². The first-order valence-electron chi connectivity index (χ1n) is 9.16. The summed E-state index contributed by atoms with van der Waals surface area (Å²) in [5.74, 6) is -0.592. The number of hydrogen-bond donors (Lipinski definition) is 0. The highest BCUT2D eigenvalue weighted by molar-refractivity contribution is 5.90. The minimum Gasteiger partial charge on any atom is -0.462 e. The van der Waals surface area contributed by atoms with E-state index in [-0.39, 0.29) is 24.1 Å². The van der Waals surface area contributed by atoms with Crippen molar-refractivity contribution in [2.75, 3.05) is 13.2 Å². The van der Waals surface area contributed by atoms with Gasteiger partial charge in [-0.15, -0.1) is 0 Å². The summed E-state index contributed by atoms with van der Waals surface area (Å²) < 4.78 is 10.9. The summed E-state index contributed by atoms with van der Waals surface area (Å²) in [4.78, 5) is 26.4. The van der Waals surface area contributed by atoms with E-state index >= 15 is 0 Å². The van der Waals surface area contributed by atoms with Crippen LogP contribution in [0.4, 0.5) is 0 Å².